The molecule has 0 unspecified atom stereocenters. The molecule has 0 aromatic rings. The fourth-order valence-electron chi connectivity index (χ4n) is 1.95. The lowest BCUT2D eigenvalue weighted by Gasteiger charge is -2.28. The first kappa shape index (κ1) is 18.8. The lowest BCUT2D eigenvalue weighted by molar-refractivity contribution is -0.0510. The highest BCUT2D eigenvalue weighted by Gasteiger charge is 2.20. The maximum Gasteiger partial charge on any atom is 0.0627 e. The normalized spacial score (nSPS) is 12.9. The molecule has 0 aliphatic heterocycles. The quantitative estimate of drug-likeness (QED) is 0.536. The number of ether oxygens (including phenoxy) is 2. The molecule has 4 nitrogen and oxygen atoms in total. The van der Waals surface area contributed by atoms with Gasteiger partial charge in [0.2, 0.25) is 0 Å². The zero-order valence-corrected chi connectivity index (χ0v) is 13.3. The molecule has 0 saturated heterocycles. The van der Waals surface area contributed by atoms with Crippen LogP contribution >= 0.6 is 0 Å². The lowest BCUT2D eigenvalue weighted by Crippen LogP contribution is -2.29. The van der Waals surface area contributed by atoms with E-state index >= 15 is 0 Å². The molecule has 4 heteroatoms. The fraction of sp³-hybridized carbons (Fsp3) is 1.00. The molecule has 0 heterocycles. The monoisotopic (exact) mass is 274 g/mol. The van der Waals surface area contributed by atoms with Gasteiger partial charge in [-0.3, -0.25) is 0 Å². The SMILES string of the molecule is CC(C)(CCCN)OCCCC(C)(C)OCCCN. The van der Waals surface area contributed by atoms with Crippen molar-refractivity contribution < 1.29 is 9.47 Å². The van der Waals surface area contributed by atoms with E-state index in [9.17, 15) is 0 Å². The highest BCUT2D eigenvalue weighted by atomic mass is 16.5. The molecule has 19 heavy (non-hydrogen) atoms. The molecule has 0 aliphatic carbocycles. The number of hydrogen-bond acceptors (Lipinski definition) is 4. The Morgan fingerprint density at radius 3 is 1.58 bits per heavy atom. The molecular formula is C15H34N2O2. The smallest absolute Gasteiger partial charge is 0.0627 e. The van der Waals surface area contributed by atoms with E-state index in [2.05, 4.69) is 27.7 Å². The van der Waals surface area contributed by atoms with Crippen LogP contribution in [0, 0.1) is 0 Å². The van der Waals surface area contributed by atoms with Crippen molar-refractivity contribution >= 4 is 0 Å². The molecule has 0 radical (unpaired) electrons. The van der Waals surface area contributed by atoms with Crippen molar-refractivity contribution in [3.8, 4) is 0 Å². The predicted octanol–water partition coefficient (Wildman–Crippen LogP) is 2.44. The van der Waals surface area contributed by atoms with E-state index < -0.39 is 0 Å². The maximum absolute atomic E-state index is 5.92. The summed E-state index contributed by atoms with van der Waals surface area (Å²) in [5.41, 5.74) is 10.8. The number of rotatable bonds is 12. The van der Waals surface area contributed by atoms with Gasteiger partial charge in [-0.05, 0) is 72.9 Å². The van der Waals surface area contributed by atoms with E-state index in [0.29, 0.717) is 6.54 Å². The molecule has 116 valence electrons. The molecule has 0 atom stereocenters. The molecule has 0 fully saturated rings. The van der Waals surface area contributed by atoms with E-state index in [0.717, 1.165) is 51.9 Å². The maximum atomic E-state index is 5.92. The van der Waals surface area contributed by atoms with Crippen LogP contribution in [0.2, 0.25) is 0 Å². The Labute approximate surface area is 119 Å². The molecule has 0 saturated carbocycles. The predicted molar refractivity (Wildman–Crippen MR) is 81.3 cm³/mol. The Hall–Kier alpha value is -0.160. The molecule has 4 N–H and O–H groups in total. The van der Waals surface area contributed by atoms with Crippen molar-refractivity contribution in [1.29, 1.82) is 0 Å². The van der Waals surface area contributed by atoms with Crippen LogP contribution in [0.25, 0.3) is 0 Å². The summed E-state index contributed by atoms with van der Waals surface area (Å²) in [5, 5.41) is 0. The van der Waals surface area contributed by atoms with Crippen molar-refractivity contribution in [1.82, 2.24) is 0 Å². The van der Waals surface area contributed by atoms with Crippen LogP contribution in [0.15, 0.2) is 0 Å². The summed E-state index contributed by atoms with van der Waals surface area (Å²) in [6.45, 7) is 11.5. The third-order valence-corrected chi connectivity index (χ3v) is 3.24. The third-order valence-electron chi connectivity index (χ3n) is 3.24. The van der Waals surface area contributed by atoms with E-state index in [-0.39, 0.29) is 11.2 Å². The minimum Gasteiger partial charge on any atom is -0.376 e. The van der Waals surface area contributed by atoms with Crippen LogP contribution in [0.4, 0.5) is 0 Å². The largest absolute Gasteiger partial charge is 0.376 e. The topological polar surface area (TPSA) is 70.5 Å². The van der Waals surface area contributed by atoms with Gasteiger partial charge in [-0.2, -0.15) is 0 Å². The van der Waals surface area contributed by atoms with E-state index in [1.165, 1.54) is 0 Å². The van der Waals surface area contributed by atoms with Crippen LogP contribution in [-0.2, 0) is 9.47 Å². The zero-order chi connectivity index (χ0) is 14.8. The van der Waals surface area contributed by atoms with E-state index in [1.54, 1.807) is 0 Å². The second-order valence-corrected chi connectivity index (χ2v) is 6.35. The second kappa shape index (κ2) is 9.70. The summed E-state index contributed by atoms with van der Waals surface area (Å²) in [4.78, 5) is 0. The van der Waals surface area contributed by atoms with Crippen molar-refractivity contribution in [2.45, 2.75) is 71.0 Å². The molecule has 0 aromatic carbocycles. The highest BCUT2D eigenvalue weighted by Crippen LogP contribution is 2.20. The van der Waals surface area contributed by atoms with Crippen LogP contribution in [0.5, 0.6) is 0 Å². The van der Waals surface area contributed by atoms with Crippen LogP contribution in [-0.4, -0.2) is 37.5 Å². The molecule has 0 rings (SSSR count). The second-order valence-electron chi connectivity index (χ2n) is 6.35. The summed E-state index contributed by atoms with van der Waals surface area (Å²) < 4.78 is 11.7. The van der Waals surface area contributed by atoms with Gasteiger partial charge < -0.3 is 20.9 Å². The van der Waals surface area contributed by atoms with Crippen LogP contribution in [0.1, 0.15) is 59.8 Å². The average molecular weight is 274 g/mol. The number of nitrogens with two attached hydrogens (primary N) is 2. The zero-order valence-electron chi connectivity index (χ0n) is 13.3. The van der Waals surface area contributed by atoms with E-state index in [1.807, 2.05) is 0 Å². The summed E-state index contributed by atoms with van der Waals surface area (Å²) in [6.07, 6.45) is 4.97. The Morgan fingerprint density at radius 1 is 0.684 bits per heavy atom. The molecule has 0 spiro atoms. The fourth-order valence-corrected chi connectivity index (χ4v) is 1.95. The molecule has 0 amide bonds. The van der Waals surface area contributed by atoms with Crippen molar-refractivity contribution in [2.75, 3.05) is 26.3 Å². The van der Waals surface area contributed by atoms with Crippen molar-refractivity contribution in [3.63, 3.8) is 0 Å². The Bertz CT molecular complexity index is 218. The van der Waals surface area contributed by atoms with Crippen molar-refractivity contribution in [2.24, 2.45) is 11.5 Å². The minimum absolute atomic E-state index is 0.0656. The minimum atomic E-state index is -0.0834. The first-order chi connectivity index (χ1) is 8.83. The third kappa shape index (κ3) is 11.4. The van der Waals surface area contributed by atoms with Crippen LogP contribution in [0.3, 0.4) is 0 Å². The Kier molecular flexibility index (Phi) is 9.62. The summed E-state index contributed by atoms with van der Waals surface area (Å²) >= 11 is 0. The van der Waals surface area contributed by atoms with Gasteiger partial charge in [0.1, 0.15) is 0 Å². The summed E-state index contributed by atoms with van der Waals surface area (Å²) in [7, 11) is 0. The summed E-state index contributed by atoms with van der Waals surface area (Å²) in [5.74, 6) is 0. The Balaban J connectivity index is 3.71. The average Bonchev–Trinajstić information content (AvgIpc) is 2.33. The molecular weight excluding hydrogens is 240 g/mol. The van der Waals surface area contributed by atoms with Gasteiger partial charge in [-0.25, -0.2) is 0 Å². The Morgan fingerprint density at radius 2 is 1.11 bits per heavy atom. The van der Waals surface area contributed by atoms with Gasteiger partial charge in [-0.15, -0.1) is 0 Å². The number of hydrogen-bond donors (Lipinski definition) is 2. The molecule has 0 aromatic heterocycles. The van der Waals surface area contributed by atoms with Gasteiger partial charge in [0.25, 0.3) is 0 Å². The highest BCUT2D eigenvalue weighted by molar-refractivity contribution is 4.71. The van der Waals surface area contributed by atoms with Gasteiger partial charge in [0.05, 0.1) is 11.2 Å². The van der Waals surface area contributed by atoms with Gasteiger partial charge in [0, 0.05) is 13.2 Å². The standard InChI is InChI=1S/C15H34N2O2/c1-14(2,8-5-10-16)18-12-6-9-15(3,4)19-13-7-11-17/h5-13,16-17H2,1-4H3. The van der Waals surface area contributed by atoms with Crippen LogP contribution < -0.4 is 11.5 Å². The first-order valence-electron chi connectivity index (χ1n) is 7.51. The van der Waals surface area contributed by atoms with Gasteiger partial charge in [0.15, 0.2) is 0 Å². The van der Waals surface area contributed by atoms with Gasteiger partial charge in [-0.1, -0.05) is 0 Å². The summed E-state index contributed by atoms with van der Waals surface area (Å²) in [6, 6.07) is 0. The first-order valence-corrected chi connectivity index (χ1v) is 7.51. The molecule has 0 aliphatic rings. The van der Waals surface area contributed by atoms with E-state index in [4.69, 9.17) is 20.9 Å². The molecule has 0 bridgehead atoms. The lowest BCUT2D eigenvalue weighted by atomic mass is 10.0. The van der Waals surface area contributed by atoms with Crippen molar-refractivity contribution in [3.05, 3.63) is 0 Å². The van der Waals surface area contributed by atoms with Gasteiger partial charge >= 0.3 is 0 Å².